The topological polar surface area (TPSA) is 49.4 Å². The maximum atomic E-state index is 12.2. The lowest BCUT2D eigenvalue weighted by molar-refractivity contribution is -0.121. The van der Waals surface area contributed by atoms with E-state index in [4.69, 9.17) is 0 Å². The Bertz CT molecular complexity index is 471. The van der Waals surface area contributed by atoms with Crippen molar-refractivity contribution in [3.05, 3.63) is 35.4 Å². The molecule has 1 aromatic carbocycles. The Morgan fingerprint density at radius 3 is 2.95 bits per heavy atom. The molecule has 1 aliphatic heterocycles. The summed E-state index contributed by atoms with van der Waals surface area (Å²) >= 11 is 0. The SMILES string of the molecule is CCCCNC(=O)CN1CCc2ccccc2C1=O. The van der Waals surface area contributed by atoms with E-state index >= 15 is 0 Å². The zero-order chi connectivity index (χ0) is 13.7. The van der Waals surface area contributed by atoms with Crippen molar-refractivity contribution in [3.8, 4) is 0 Å². The number of hydrogen-bond donors (Lipinski definition) is 1. The van der Waals surface area contributed by atoms with Gasteiger partial charge in [-0.1, -0.05) is 31.5 Å². The predicted octanol–water partition coefficient (Wildman–Crippen LogP) is 1.60. The third kappa shape index (κ3) is 3.34. The van der Waals surface area contributed by atoms with Gasteiger partial charge in [0.1, 0.15) is 0 Å². The van der Waals surface area contributed by atoms with Crippen LogP contribution >= 0.6 is 0 Å². The van der Waals surface area contributed by atoms with E-state index in [0.717, 1.165) is 30.4 Å². The molecule has 4 heteroatoms. The second-order valence-electron chi connectivity index (χ2n) is 4.84. The molecule has 102 valence electrons. The molecule has 0 fully saturated rings. The molecule has 0 atom stereocenters. The highest BCUT2D eigenvalue weighted by molar-refractivity contribution is 5.98. The molecule has 1 aromatic rings. The molecule has 0 bridgehead atoms. The van der Waals surface area contributed by atoms with Gasteiger partial charge in [0.05, 0.1) is 6.54 Å². The minimum absolute atomic E-state index is 0.0347. The number of fused-ring (bicyclic) bond motifs is 1. The van der Waals surface area contributed by atoms with Crippen LogP contribution in [0.15, 0.2) is 24.3 Å². The number of carbonyl (C=O) groups excluding carboxylic acids is 2. The van der Waals surface area contributed by atoms with Crippen molar-refractivity contribution >= 4 is 11.8 Å². The monoisotopic (exact) mass is 260 g/mol. The fraction of sp³-hybridized carbons (Fsp3) is 0.467. The van der Waals surface area contributed by atoms with Crippen LogP contribution in [0.1, 0.15) is 35.7 Å². The van der Waals surface area contributed by atoms with Crippen molar-refractivity contribution in [1.29, 1.82) is 0 Å². The van der Waals surface area contributed by atoms with Gasteiger partial charge in [-0.3, -0.25) is 9.59 Å². The summed E-state index contributed by atoms with van der Waals surface area (Å²) in [4.78, 5) is 25.6. The van der Waals surface area contributed by atoms with E-state index in [1.165, 1.54) is 0 Å². The van der Waals surface area contributed by atoms with Crippen molar-refractivity contribution in [2.75, 3.05) is 19.6 Å². The Balaban J connectivity index is 1.93. The van der Waals surface area contributed by atoms with Crippen molar-refractivity contribution in [2.24, 2.45) is 0 Å². The second-order valence-corrected chi connectivity index (χ2v) is 4.84. The van der Waals surface area contributed by atoms with Crippen LogP contribution in [-0.4, -0.2) is 36.3 Å². The van der Waals surface area contributed by atoms with E-state index in [0.29, 0.717) is 13.1 Å². The highest BCUT2D eigenvalue weighted by Crippen LogP contribution is 2.18. The predicted molar refractivity (Wildman–Crippen MR) is 74.0 cm³/mol. The lowest BCUT2D eigenvalue weighted by Crippen LogP contribution is -2.44. The Labute approximate surface area is 113 Å². The van der Waals surface area contributed by atoms with Crippen LogP contribution in [0.4, 0.5) is 0 Å². The van der Waals surface area contributed by atoms with Gasteiger partial charge in [0.25, 0.3) is 5.91 Å². The Morgan fingerprint density at radius 1 is 1.37 bits per heavy atom. The quantitative estimate of drug-likeness (QED) is 0.818. The van der Waals surface area contributed by atoms with E-state index in [-0.39, 0.29) is 18.4 Å². The molecular formula is C15H20N2O2. The molecule has 1 heterocycles. The summed E-state index contributed by atoms with van der Waals surface area (Å²) in [6, 6.07) is 7.62. The minimum Gasteiger partial charge on any atom is -0.355 e. The lowest BCUT2D eigenvalue weighted by Gasteiger charge is -2.27. The number of nitrogens with one attached hydrogen (secondary N) is 1. The smallest absolute Gasteiger partial charge is 0.254 e. The maximum absolute atomic E-state index is 12.2. The first-order valence-electron chi connectivity index (χ1n) is 6.86. The molecule has 0 aliphatic carbocycles. The first-order valence-corrected chi connectivity index (χ1v) is 6.86. The normalized spacial score (nSPS) is 14.2. The van der Waals surface area contributed by atoms with Gasteiger partial charge in [0.2, 0.25) is 5.91 Å². The highest BCUT2D eigenvalue weighted by atomic mass is 16.2. The van der Waals surface area contributed by atoms with Gasteiger partial charge >= 0.3 is 0 Å². The molecule has 0 spiro atoms. The van der Waals surface area contributed by atoms with Gasteiger partial charge in [0, 0.05) is 18.7 Å². The second kappa shape index (κ2) is 6.36. The Hall–Kier alpha value is -1.84. The Kier molecular flexibility index (Phi) is 4.55. The van der Waals surface area contributed by atoms with Crippen molar-refractivity contribution in [1.82, 2.24) is 10.2 Å². The van der Waals surface area contributed by atoms with Gasteiger partial charge < -0.3 is 10.2 Å². The van der Waals surface area contributed by atoms with Gasteiger partial charge in [-0.15, -0.1) is 0 Å². The molecule has 1 N–H and O–H groups in total. The number of carbonyl (C=O) groups is 2. The molecular weight excluding hydrogens is 240 g/mol. The zero-order valence-corrected chi connectivity index (χ0v) is 11.3. The molecule has 0 aromatic heterocycles. The summed E-state index contributed by atoms with van der Waals surface area (Å²) < 4.78 is 0. The first kappa shape index (κ1) is 13.6. The van der Waals surface area contributed by atoms with Crippen LogP contribution in [0.2, 0.25) is 0 Å². The average Bonchev–Trinajstić information content (AvgIpc) is 2.43. The third-order valence-corrected chi connectivity index (χ3v) is 3.37. The summed E-state index contributed by atoms with van der Waals surface area (Å²) in [6.07, 6.45) is 2.85. The van der Waals surface area contributed by atoms with Gasteiger partial charge in [-0.05, 0) is 24.5 Å². The zero-order valence-electron chi connectivity index (χ0n) is 11.3. The third-order valence-electron chi connectivity index (χ3n) is 3.37. The summed E-state index contributed by atoms with van der Waals surface area (Å²) in [5, 5.41) is 2.84. The lowest BCUT2D eigenvalue weighted by atomic mass is 9.99. The number of rotatable bonds is 5. The van der Waals surface area contributed by atoms with Crippen LogP contribution in [0.5, 0.6) is 0 Å². The minimum atomic E-state index is -0.0684. The largest absolute Gasteiger partial charge is 0.355 e. The molecule has 0 saturated carbocycles. The summed E-state index contributed by atoms with van der Waals surface area (Å²) in [5.74, 6) is -0.103. The van der Waals surface area contributed by atoms with Gasteiger partial charge in [-0.2, -0.15) is 0 Å². The Morgan fingerprint density at radius 2 is 2.16 bits per heavy atom. The van der Waals surface area contributed by atoms with Crippen LogP contribution in [-0.2, 0) is 11.2 Å². The summed E-state index contributed by atoms with van der Waals surface area (Å²) in [7, 11) is 0. The van der Waals surface area contributed by atoms with Crippen LogP contribution in [0, 0.1) is 0 Å². The van der Waals surface area contributed by atoms with Crippen LogP contribution < -0.4 is 5.32 Å². The molecule has 1 aliphatic rings. The molecule has 4 nitrogen and oxygen atoms in total. The molecule has 2 amide bonds. The highest BCUT2D eigenvalue weighted by Gasteiger charge is 2.25. The van der Waals surface area contributed by atoms with E-state index in [1.54, 1.807) is 4.90 Å². The van der Waals surface area contributed by atoms with Crippen LogP contribution in [0.3, 0.4) is 0 Å². The fourth-order valence-electron chi connectivity index (χ4n) is 2.26. The number of unbranched alkanes of at least 4 members (excludes halogenated alkanes) is 1. The van der Waals surface area contributed by atoms with E-state index in [2.05, 4.69) is 12.2 Å². The van der Waals surface area contributed by atoms with E-state index in [1.807, 2.05) is 24.3 Å². The number of benzene rings is 1. The van der Waals surface area contributed by atoms with Gasteiger partial charge in [-0.25, -0.2) is 0 Å². The fourth-order valence-corrected chi connectivity index (χ4v) is 2.26. The van der Waals surface area contributed by atoms with Crippen molar-refractivity contribution in [3.63, 3.8) is 0 Å². The first-order chi connectivity index (χ1) is 9.22. The molecule has 0 unspecified atom stereocenters. The number of hydrogen-bond acceptors (Lipinski definition) is 2. The van der Waals surface area contributed by atoms with Gasteiger partial charge in [0.15, 0.2) is 0 Å². The maximum Gasteiger partial charge on any atom is 0.254 e. The van der Waals surface area contributed by atoms with E-state index < -0.39 is 0 Å². The van der Waals surface area contributed by atoms with Crippen LogP contribution in [0.25, 0.3) is 0 Å². The standard InChI is InChI=1S/C15H20N2O2/c1-2-3-9-16-14(18)11-17-10-8-12-6-4-5-7-13(12)15(17)19/h4-7H,2-3,8-11H2,1H3,(H,16,18). The molecule has 2 rings (SSSR count). The van der Waals surface area contributed by atoms with Crippen molar-refractivity contribution in [2.45, 2.75) is 26.2 Å². The molecule has 0 saturated heterocycles. The van der Waals surface area contributed by atoms with E-state index in [9.17, 15) is 9.59 Å². The average molecular weight is 260 g/mol. The molecule has 19 heavy (non-hydrogen) atoms. The van der Waals surface area contributed by atoms with Crippen molar-refractivity contribution < 1.29 is 9.59 Å². The molecule has 0 radical (unpaired) electrons. The number of amides is 2. The summed E-state index contributed by atoms with van der Waals surface area (Å²) in [5.41, 5.74) is 1.81. The summed E-state index contributed by atoms with van der Waals surface area (Å²) in [6.45, 7) is 3.55. The number of nitrogens with zero attached hydrogens (tertiary/aromatic N) is 1.